The summed E-state index contributed by atoms with van der Waals surface area (Å²) >= 11 is 0. The maximum absolute atomic E-state index is 9.62. The molecule has 0 unspecified atom stereocenters. The van der Waals surface area contributed by atoms with Gasteiger partial charge in [-0.2, -0.15) is 0 Å². The third kappa shape index (κ3) is 2.16. The van der Waals surface area contributed by atoms with E-state index in [4.69, 9.17) is 0 Å². The molecule has 2 rings (SSSR count). The Morgan fingerprint density at radius 1 is 0.765 bits per heavy atom. The van der Waals surface area contributed by atoms with Gasteiger partial charge in [-0.05, 0) is 22.8 Å². The monoisotopic (exact) mass is 230 g/mol. The Bertz CT molecular complexity index is 506. The van der Waals surface area contributed by atoms with Gasteiger partial charge in [-0.15, -0.1) is 0 Å². The molecule has 0 fully saturated rings. The fourth-order valence-electron chi connectivity index (χ4n) is 1.93. The predicted octanol–water partition coefficient (Wildman–Crippen LogP) is 2.04. The van der Waals surface area contributed by atoms with Gasteiger partial charge in [-0.1, -0.05) is 36.4 Å². The van der Waals surface area contributed by atoms with Gasteiger partial charge in [0.15, 0.2) is 0 Å². The molecule has 0 atom stereocenters. The molecule has 2 aromatic rings. The molecule has 3 heteroatoms. The zero-order valence-corrected chi connectivity index (χ0v) is 9.30. The maximum atomic E-state index is 9.62. The summed E-state index contributed by atoms with van der Waals surface area (Å²) in [6.45, 7) is -0.503. The van der Waals surface area contributed by atoms with Crippen molar-refractivity contribution in [3.05, 3.63) is 53.6 Å². The average Bonchev–Trinajstić information content (AvgIpc) is 2.39. The largest absolute Gasteiger partial charge is 0.508 e. The second-order valence-electron chi connectivity index (χ2n) is 3.77. The molecule has 0 heterocycles. The van der Waals surface area contributed by atoms with Crippen molar-refractivity contribution in [3.8, 4) is 16.9 Å². The lowest BCUT2D eigenvalue weighted by Gasteiger charge is -2.13. The summed E-state index contributed by atoms with van der Waals surface area (Å²) in [5.74, 6) is 0.0104. The fourth-order valence-corrected chi connectivity index (χ4v) is 1.93. The first kappa shape index (κ1) is 11.6. The summed E-state index contributed by atoms with van der Waals surface area (Å²) in [6, 6.07) is 12.8. The van der Waals surface area contributed by atoms with E-state index in [2.05, 4.69) is 0 Å². The van der Waals surface area contributed by atoms with Gasteiger partial charge in [-0.3, -0.25) is 0 Å². The lowest BCUT2D eigenvalue weighted by Crippen LogP contribution is -1.98. The predicted molar refractivity (Wildman–Crippen MR) is 65.4 cm³/mol. The summed E-state index contributed by atoms with van der Waals surface area (Å²) in [7, 11) is 0. The Morgan fingerprint density at radius 3 is 2.00 bits per heavy atom. The van der Waals surface area contributed by atoms with Gasteiger partial charge in [-0.25, -0.2) is 0 Å². The molecule has 0 aliphatic rings. The number of aliphatic hydroxyl groups is 2. The van der Waals surface area contributed by atoms with Crippen molar-refractivity contribution < 1.29 is 15.3 Å². The first-order valence-electron chi connectivity index (χ1n) is 5.38. The van der Waals surface area contributed by atoms with Gasteiger partial charge in [0.1, 0.15) is 5.75 Å². The lowest BCUT2D eigenvalue weighted by molar-refractivity contribution is 0.255. The van der Waals surface area contributed by atoms with Crippen LogP contribution in [-0.4, -0.2) is 15.3 Å². The third-order valence-electron chi connectivity index (χ3n) is 2.81. The highest BCUT2D eigenvalue weighted by Gasteiger charge is 2.12. The number of aliphatic hydroxyl groups excluding tert-OH is 2. The molecule has 3 N–H and O–H groups in total. The van der Waals surface area contributed by atoms with Crippen LogP contribution in [0.5, 0.6) is 5.75 Å². The van der Waals surface area contributed by atoms with Crippen LogP contribution in [0.3, 0.4) is 0 Å². The SMILES string of the molecule is OCc1c(O)ccc(-c2ccccc2)c1CO. The summed E-state index contributed by atoms with van der Waals surface area (Å²) in [4.78, 5) is 0. The Kier molecular flexibility index (Phi) is 3.42. The summed E-state index contributed by atoms with van der Waals surface area (Å²) in [6.07, 6.45) is 0. The second-order valence-corrected chi connectivity index (χ2v) is 3.77. The molecular formula is C14H14O3. The number of hydrogen-bond acceptors (Lipinski definition) is 3. The summed E-state index contributed by atoms with van der Waals surface area (Å²) < 4.78 is 0. The molecular weight excluding hydrogens is 216 g/mol. The highest BCUT2D eigenvalue weighted by Crippen LogP contribution is 2.31. The normalized spacial score (nSPS) is 10.5. The molecule has 0 amide bonds. The van der Waals surface area contributed by atoms with Crippen molar-refractivity contribution in [2.45, 2.75) is 13.2 Å². The van der Waals surface area contributed by atoms with E-state index in [0.717, 1.165) is 11.1 Å². The molecule has 17 heavy (non-hydrogen) atoms. The van der Waals surface area contributed by atoms with E-state index in [0.29, 0.717) is 11.1 Å². The average molecular weight is 230 g/mol. The van der Waals surface area contributed by atoms with Crippen LogP contribution in [0.15, 0.2) is 42.5 Å². The maximum Gasteiger partial charge on any atom is 0.121 e. The molecule has 0 radical (unpaired) electrons. The summed E-state index contributed by atoms with van der Waals surface area (Å²) in [5.41, 5.74) is 2.73. The Balaban J connectivity index is 2.63. The van der Waals surface area contributed by atoms with Gasteiger partial charge < -0.3 is 15.3 Å². The van der Waals surface area contributed by atoms with Crippen LogP contribution in [0.4, 0.5) is 0 Å². The fraction of sp³-hybridized carbons (Fsp3) is 0.143. The molecule has 0 bridgehead atoms. The zero-order valence-electron chi connectivity index (χ0n) is 9.30. The van der Waals surface area contributed by atoms with E-state index in [1.54, 1.807) is 6.07 Å². The molecule has 0 aliphatic carbocycles. The van der Waals surface area contributed by atoms with Crippen molar-refractivity contribution in [3.63, 3.8) is 0 Å². The lowest BCUT2D eigenvalue weighted by atomic mass is 9.95. The van der Waals surface area contributed by atoms with E-state index in [9.17, 15) is 15.3 Å². The van der Waals surface area contributed by atoms with Crippen molar-refractivity contribution in [1.82, 2.24) is 0 Å². The van der Waals surface area contributed by atoms with Gasteiger partial charge in [0.2, 0.25) is 0 Å². The van der Waals surface area contributed by atoms with Crippen LogP contribution >= 0.6 is 0 Å². The number of phenols is 1. The molecule has 0 saturated carbocycles. The molecule has 0 saturated heterocycles. The number of aromatic hydroxyl groups is 1. The molecule has 0 aromatic heterocycles. The van der Waals surface area contributed by atoms with Crippen LogP contribution in [0.2, 0.25) is 0 Å². The van der Waals surface area contributed by atoms with Crippen LogP contribution in [0.25, 0.3) is 11.1 Å². The third-order valence-corrected chi connectivity index (χ3v) is 2.81. The van der Waals surface area contributed by atoms with E-state index >= 15 is 0 Å². The van der Waals surface area contributed by atoms with Crippen molar-refractivity contribution in [2.24, 2.45) is 0 Å². The number of rotatable bonds is 3. The molecule has 88 valence electrons. The quantitative estimate of drug-likeness (QED) is 0.756. The van der Waals surface area contributed by atoms with Crippen LogP contribution < -0.4 is 0 Å². The minimum atomic E-state index is -0.289. The number of hydrogen-bond donors (Lipinski definition) is 3. The van der Waals surface area contributed by atoms with Gasteiger partial charge in [0, 0.05) is 5.56 Å². The van der Waals surface area contributed by atoms with E-state index in [-0.39, 0.29) is 19.0 Å². The summed E-state index contributed by atoms with van der Waals surface area (Å²) in [5, 5.41) is 28.2. The first-order valence-corrected chi connectivity index (χ1v) is 5.38. The number of benzene rings is 2. The zero-order chi connectivity index (χ0) is 12.3. The molecule has 3 nitrogen and oxygen atoms in total. The molecule has 0 spiro atoms. The highest BCUT2D eigenvalue weighted by molar-refractivity contribution is 5.70. The van der Waals surface area contributed by atoms with Crippen LogP contribution in [-0.2, 0) is 13.2 Å². The Hall–Kier alpha value is -1.84. The Morgan fingerprint density at radius 2 is 1.41 bits per heavy atom. The topological polar surface area (TPSA) is 60.7 Å². The van der Waals surface area contributed by atoms with Gasteiger partial charge >= 0.3 is 0 Å². The van der Waals surface area contributed by atoms with Crippen molar-refractivity contribution in [1.29, 1.82) is 0 Å². The first-order chi connectivity index (χ1) is 8.27. The van der Waals surface area contributed by atoms with E-state index < -0.39 is 0 Å². The Labute approximate surface area is 99.6 Å². The smallest absolute Gasteiger partial charge is 0.121 e. The van der Waals surface area contributed by atoms with E-state index in [1.165, 1.54) is 6.07 Å². The standard InChI is InChI=1S/C14H14O3/c15-8-12-11(10-4-2-1-3-5-10)6-7-14(17)13(12)9-16/h1-7,15-17H,8-9H2. The van der Waals surface area contributed by atoms with Crippen molar-refractivity contribution >= 4 is 0 Å². The van der Waals surface area contributed by atoms with Crippen LogP contribution in [0.1, 0.15) is 11.1 Å². The molecule has 2 aromatic carbocycles. The van der Waals surface area contributed by atoms with Crippen molar-refractivity contribution in [2.75, 3.05) is 0 Å². The van der Waals surface area contributed by atoms with Crippen LogP contribution in [0, 0.1) is 0 Å². The van der Waals surface area contributed by atoms with Gasteiger partial charge in [0.05, 0.1) is 13.2 Å². The molecule has 0 aliphatic heterocycles. The second kappa shape index (κ2) is 4.99. The highest BCUT2D eigenvalue weighted by atomic mass is 16.3. The minimum Gasteiger partial charge on any atom is -0.508 e. The minimum absolute atomic E-state index is 0.0104. The van der Waals surface area contributed by atoms with E-state index in [1.807, 2.05) is 30.3 Å². The van der Waals surface area contributed by atoms with Gasteiger partial charge in [0.25, 0.3) is 0 Å².